The van der Waals surface area contributed by atoms with Gasteiger partial charge in [0, 0.05) is 25.5 Å². The molecule has 88 valence electrons. The number of halogens is 2. The first-order chi connectivity index (χ1) is 8.22. The molecule has 0 saturated carbocycles. The molecule has 0 unspecified atom stereocenters. The van der Waals surface area contributed by atoms with Crippen LogP contribution in [0.3, 0.4) is 0 Å². The van der Waals surface area contributed by atoms with E-state index < -0.39 is 0 Å². The summed E-state index contributed by atoms with van der Waals surface area (Å²) in [6, 6.07) is 0. The van der Waals surface area contributed by atoms with Crippen molar-refractivity contribution in [1.29, 1.82) is 0 Å². The second kappa shape index (κ2) is 4.12. The van der Waals surface area contributed by atoms with E-state index in [4.69, 9.17) is 23.2 Å². The van der Waals surface area contributed by atoms with Crippen LogP contribution >= 0.6 is 23.2 Å². The van der Waals surface area contributed by atoms with E-state index >= 15 is 0 Å². The maximum Gasteiger partial charge on any atom is 0.231 e. The minimum absolute atomic E-state index is 0.105. The molecule has 3 rings (SSSR count). The third kappa shape index (κ3) is 2.05. The fourth-order valence-electron chi connectivity index (χ4n) is 1.80. The molecule has 17 heavy (non-hydrogen) atoms. The van der Waals surface area contributed by atoms with Crippen LogP contribution in [0.15, 0.2) is 12.4 Å². The summed E-state index contributed by atoms with van der Waals surface area (Å²) < 4.78 is 2.10. The lowest BCUT2D eigenvalue weighted by Gasteiger charge is -2.27. The molecule has 0 radical (unpaired) electrons. The van der Waals surface area contributed by atoms with Gasteiger partial charge in [-0.3, -0.25) is 0 Å². The molecule has 2 aromatic heterocycles. The number of nitrogens with zero attached hydrogens (tertiary/aromatic N) is 6. The lowest BCUT2D eigenvalue weighted by atomic mass is 10.4. The summed E-state index contributed by atoms with van der Waals surface area (Å²) in [5.74, 6) is 1.47. The first-order valence-electron chi connectivity index (χ1n) is 5.04. The summed E-state index contributed by atoms with van der Waals surface area (Å²) in [7, 11) is 0. The van der Waals surface area contributed by atoms with Crippen LogP contribution in [-0.4, -0.2) is 31.0 Å². The monoisotopic (exact) mass is 270 g/mol. The van der Waals surface area contributed by atoms with E-state index in [1.165, 1.54) is 0 Å². The number of aromatic nitrogens is 5. The van der Waals surface area contributed by atoms with Gasteiger partial charge in [0.1, 0.15) is 5.82 Å². The first-order valence-corrected chi connectivity index (χ1v) is 5.80. The van der Waals surface area contributed by atoms with Crippen molar-refractivity contribution in [3.05, 3.63) is 28.8 Å². The van der Waals surface area contributed by atoms with Gasteiger partial charge in [-0.15, -0.1) is 0 Å². The van der Waals surface area contributed by atoms with Crippen molar-refractivity contribution in [2.24, 2.45) is 0 Å². The van der Waals surface area contributed by atoms with Crippen molar-refractivity contribution in [1.82, 2.24) is 24.5 Å². The van der Waals surface area contributed by atoms with E-state index in [-0.39, 0.29) is 10.6 Å². The van der Waals surface area contributed by atoms with E-state index in [0.717, 1.165) is 18.9 Å². The van der Waals surface area contributed by atoms with Crippen LogP contribution in [0.5, 0.6) is 0 Å². The summed E-state index contributed by atoms with van der Waals surface area (Å²) in [6.07, 6.45) is 3.74. The third-order valence-corrected chi connectivity index (χ3v) is 2.93. The minimum Gasteiger partial charge on any atom is -0.332 e. The molecule has 0 saturated heterocycles. The van der Waals surface area contributed by atoms with Crippen LogP contribution in [0.1, 0.15) is 5.82 Å². The predicted molar refractivity (Wildman–Crippen MR) is 63.1 cm³/mol. The van der Waals surface area contributed by atoms with Crippen molar-refractivity contribution < 1.29 is 0 Å². The van der Waals surface area contributed by atoms with Crippen LogP contribution in [0.4, 0.5) is 5.95 Å². The summed E-state index contributed by atoms with van der Waals surface area (Å²) in [4.78, 5) is 18.1. The van der Waals surface area contributed by atoms with Crippen LogP contribution < -0.4 is 4.90 Å². The maximum absolute atomic E-state index is 5.75. The molecule has 3 heterocycles. The molecule has 0 aliphatic carbocycles. The minimum atomic E-state index is 0.105. The van der Waals surface area contributed by atoms with E-state index in [9.17, 15) is 0 Å². The molecule has 0 amide bonds. The Bertz CT molecular complexity index is 534. The highest BCUT2D eigenvalue weighted by Crippen LogP contribution is 2.18. The Hall–Kier alpha value is -1.40. The van der Waals surface area contributed by atoms with Crippen molar-refractivity contribution >= 4 is 29.2 Å². The van der Waals surface area contributed by atoms with Crippen LogP contribution in [0.25, 0.3) is 0 Å². The van der Waals surface area contributed by atoms with Gasteiger partial charge in [-0.05, 0) is 23.2 Å². The Balaban J connectivity index is 1.91. The number of imidazole rings is 1. The first kappa shape index (κ1) is 10.7. The third-order valence-electron chi connectivity index (χ3n) is 2.60. The molecule has 0 aromatic carbocycles. The Morgan fingerprint density at radius 1 is 1.06 bits per heavy atom. The molecular formula is C9H8Cl2N6. The highest BCUT2D eigenvalue weighted by Gasteiger charge is 2.19. The predicted octanol–water partition coefficient (Wildman–Crippen LogP) is 1.40. The number of hydrogen-bond donors (Lipinski definition) is 0. The molecule has 0 fully saturated rings. The molecule has 0 atom stereocenters. The number of anilines is 1. The van der Waals surface area contributed by atoms with Gasteiger partial charge >= 0.3 is 0 Å². The van der Waals surface area contributed by atoms with Gasteiger partial charge in [-0.25, -0.2) is 4.98 Å². The zero-order chi connectivity index (χ0) is 11.8. The Morgan fingerprint density at radius 3 is 2.59 bits per heavy atom. The summed E-state index contributed by atoms with van der Waals surface area (Å²) in [6.45, 7) is 2.28. The number of rotatable bonds is 1. The fraction of sp³-hybridized carbons (Fsp3) is 0.333. The van der Waals surface area contributed by atoms with Crippen LogP contribution in [0, 0.1) is 0 Å². The quantitative estimate of drug-likeness (QED) is 0.784. The van der Waals surface area contributed by atoms with Crippen LogP contribution in [-0.2, 0) is 13.1 Å². The fourth-order valence-corrected chi connectivity index (χ4v) is 2.16. The molecular weight excluding hydrogens is 263 g/mol. The lowest BCUT2D eigenvalue weighted by Crippen LogP contribution is -2.34. The van der Waals surface area contributed by atoms with E-state index in [1.807, 2.05) is 11.1 Å². The van der Waals surface area contributed by atoms with Crippen molar-refractivity contribution in [3.63, 3.8) is 0 Å². The Labute approximate surface area is 107 Å². The van der Waals surface area contributed by atoms with Gasteiger partial charge in [0.05, 0.1) is 6.54 Å². The van der Waals surface area contributed by atoms with E-state index in [2.05, 4.69) is 24.5 Å². The second-order valence-corrected chi connectivity index (χ2v) is 4.31. The number of fused-ring (bicyclic) bond motifs is 1. The topological polar surface area (TPSA) is 59.7 Å². The maximum atomic E-state index is 5.75. The molecule has 8 heteroatoms. The lowest BCUT2D eigenvalue weighted by molar-refractivity contribution is 0.551. The smallest absolute Gasteiger partial charge is 0.231 e. The molecule has 0 spiro atoms. The van der Waals surface area contributed by atoms with Crippen molar-refractivity contribution in [2.75, 3.05) is 11.4 Å². The molecule has 6 nitrogen and oxygen atoms in total. The SMILES string of the molecule is Clc1nc(Cl)nc(N2CCn3ccnc3C2)n1. The van der Waals surface area contributed by atoms with Crippen LogP contribution in [0.2, 0.25) is 10.6 Å². The van der Waals surface area contributed by atoms with Gasteiger partial charge in [-0.2, -0.15) is 15.0 Å². The van der Waals surface area contributed by atoms with E-state index in [1.54, 1.807) is 6.20 Å². The van der Waals surface area contributed by atoms with Gasteiger partial charge in [0.2, 0.25) is 16.5 Å². The Morgan fingerprint density at radius 2 is 1.82 bits per heavy atom. The summed E-state index contributed by atoms with van der Waals surface area (Å²) in [5, 5.41) is 0.211. The molecule has 0 N–H and O–H groups in total. The zero-order valence-electron chi connectivity index (χ0n) is 8.72. The average Bonchev–Trinajstić information content (AvgIpc) is 2.74. The van der Waals surface area contributed by atoms with Gasteiger partial charge in [0.25, 0.3) is 0 Å². The highest BCUT2D eigenvalue weighted by atomic mass is 35.5. The number of hydrogen-bond acceptors (Lipinski definition) is 5. The molecule has 0 bridgehead atoms. The van der Waals surface area contributed by atoms with Crippen molar-refractivity contribution in [3.8, 4) is 0 Å². The van der Waals surface area contributed by atoms with Gasteiger partial charge in [-0.1, -0.05) is 0 Å². The van der Waals surface area contributed by atoms with Gasteiger partial charge < -0.3 is 9.47 Å². The highest BCUT2D eigenvalue weighted by molar-refractivity contribution is 6.31. The molecule has 1 aliphatic rings. The molecule has 1 aliphatic heterocycles. The Kier molecular flexibility index (Phi) is 2.60. The van der Waals surface area contributed by atoms with Gasteiger partial charge in [0.15, 0.2) is 0 Å². The van der Waals surface area contributed by atoms with E-state index in [0.29, 0.717) is 12.5 Å². The zero-order valence-corrected chi connectivity index (χ0v) is 10.2. The average molecular weight is 271 g/mol. The standard InChI is InChI=1S/C9H8Cl2N6/c10-7-13-8(11)15-9(14-7)17-4-3-16-2-1-12-6(16)5-17/h1-2H,3-5H2. The largest absolute Gasteiger partial charge is 0.332 e. The molecule has 2 aromatic rings. The summed E-state index contributed by atoms with van der Waals surface area (Å²) >= 11 is 11.5. The second-order valence-electron chi connectivity index (χ2n) is 3.63. The summed E-state index contributed by atoms with van der Waals surface area (Å²) in [5.41, 5.74) is 0. The van der Waals surface area contributed by atoms with Crippen molar-refractivity contribution in [2.45, 2.75) is 13.1 Å². The normalized spacial score (nSPS) is 14.8.